The van der Waals surface area contributed by atoms with E-state index in [0.717, 1.165) is 0 Å². The summed E-state index contributed by atoms with van der Waals surface area (Å²) in [4.78, 5) is 0. The van der Waals surface area contributed by atoms with Crippen LogP contribution in [0, 0.1) is 0 Å². The molecule has 0 atom stereocenters. The zero-order valence-electron chi connectivity index (χ0n) is 7.39. The number of allylic oxidation sites excluding steroid dienone is 8. The second-order valence-electron chi connectivity index (χ2n) is 2.97. The van der Waals surface area contributed by atoms with Crippen molar-refractivity contribution in [1.82, 2.24) is 0 Å². The van der Waals surface area contributed by atoms with Crippen molar-refractivity contribution in [3.05, 3.63) is 47.1 Å². The standard InChI is InChI=1S/C11H14/c1-9-6-4-5-7-10(2)11(3)8-9/h4-8H,1-3H3/b5-4?,6-4-,7-5+,9-6?,9-8-,10-7?,11-8?,11-10+. The van der Waals surface area contributed by atoms with E-state index in [9.17, 15) is 0 Å². The fraction of sp³-hybridized carbons (Fsp3) is 0.273. The molecule has 0 N–H and O–H groups in total. The van der Waals surface area contributed by atoms with Gasteiger partial charge in [-0.1, -0.05) is 36.0 Å². The molecule has 1 aliphatic carbocycles. The minimum absolute atomic E-state index is 1.31. The molecule has 0 bridgehead atoms. The van der Waals surface area contributed by atoms with Gasteiger partial charge in [0.2, 0.25) is 0 Å². The summed E-state index contributed by atoms with van der Waals surface area (Å²) < 4.78 is 0. The summed E-state index contributed by atoms with van der Waals surface area (Å²) in [6, 6.07) is 0. The molecule has 58 valence electrons. The Morgan fingerprint density at radius 2 is 1.45 bits per heavy atom. The van der Waals surface area contributed by atoms with Crippen molar-refractivity contribution >= 4 is 0 Å². The Labute approximate surface area is 68.6 Å². The molecule has 0 amide bonds. The van der Waals surface area contributed by atoms with Crippen LogP contribution >= 0.6 is 0 Å². The summed E-state index contributed by atoms with van der Waals surface area (Å²) in [7, 11) is 0. The van der Waals surface area contributed by atoms with Gasteiger partial charge in [0.25, 0.3) is 0 Å². The molecular weight excluding hydrogens is 132 g/mol. The van der Waals surface area contributed by atoms with Crippen molar-refractivity contribution in [3.63, 3.8) is 0 Å². The van der Waals surface area contributed by atoms with Crippen LogP contribution in [0.25, 0.3) is 0 Å². The smallest absolute Gasteiger partial charge is 0.0395 e. The first-order valence-electron chi connectivity index (χ1n) is 3.90. The van der Waals surface area contributed by atoms with Gasteiger partial charge in [-0.25, -0.2) is 0 Å². The largest absolute Gasteiger partial charge is 0.0620 e. The van der Waals surface area contributed by atoms with Crippen LogP contribution in [0.1, 0.15) is 20.8 Å². The fourth-order valence-corrected chi connectivity index (χ4v) is 1.04. The molecule has 0 heterocycles. The predicted molar refractivity (Wildman–Crippen MR) is 50.4 cm³/mol. The van der Waals surface area contributed by atoms with E-state index in [1.807, 2.05) is 0 Å². The third-order valence-electron chi connectivity index (χ3n) is 1.88. The molecule has 0 saturated carbocycles. The maximum Gasteiger partial charge on any atom is -0.0395 e. The third kappa shape index (κ3) is 2.23. The first-order valence-corrected chi connectivity index (χ1v) is 3.90. The van der Waals surface area contributed by atoms with Gasteiger partial charge in [0.15, 0.2) is 0 Å². The quantitative estimate of drug-likeness (QED) is 0.491. The molecule has 0 aromatic heterocycles. The van der Waals surface area contributed by atoms with Gasteiger partial charge in [-0.15, -0.1) is 0 Å². The molecule has 1 aliphatic rings. The summed E-state index contributed by atoms with van der Waals surface area (Å²) in [6.45, 7) is 6.39. The minimum atomic E-state index is 1.31. The van der Waals surface area contributed by atoms with Gasteiger partial charge in [0.1, 0.15) is 0 Å². The van der Waals surface area contributed by atoms with E-state index < -0.39 is 0 Å². The molecule has 0 radical (unpaired) electrons. The Morgan fingerprint density at radius 1 is 0.818 bits per heavy atom. The average molecular weight is 146 g/mol. The Kier molecular flexibility index (Phi) is 2.48. The molecule has 0 unspecified atom stereocenters. The van der Waals surface area contributed by atoms with Gasteiger partial charge in [-0.2, -0.15) is 0 Å². The van der Waals surface area contributed by atoms with Crippen molar-refractivity contribution in [2.75, 3.05) is 0 Å². The zero-order valence-corrected chi connectivity index (χ0v) is 7.39. The summed E-state index contributed by atoms with van der Waals surface area (Å²) in [5, 5.41) is 0. The minimum Gasteiger partial charge on any atom is -0.0620 e. The molecule has 0 nitrogen and oxygen atoms in total. The molecule has 0 saturated heterocycles. The van der Waals surface area contributed by atoms with Crippen LogP contribution in [0.4, 0.5) is 0 Å². The molecule has 0 fully saturated rings. The predicted octanol–water partition coefficient (Wildman–Crippen LogP) is 3.40. The Morgan fingerprint density at radius 3 is 2.18 bits per heavy atom. The number of hydrogen-bond donors (Lipinski definition) is 0. The van der Waals surface area contributed by atoms with Crippen LogP contribution < -0.4 is 0 Å². The molecular formula is C11H14. The van der Waals surface area contributed by atoms with Gasteiger partial charge in [0, 0.05) is 0 Å². The SMILES string of the molecule is CC1=C/C(C)=C(C)/C=C/C=C\1. The summed E-state index contributed by atoms with van der Waals surface area (Å²) in [5.41, 5.74) is 4.00. The number of rotatable bonds is 0. The highest BCUT2D eigenvalue weighted by Gasteiger charge is 1.91. The zero-order chi connectivity index (χ0) is 8.27. The van der Waals surface area contributed by atoms with Crippen LogP contribution in [0.15, 0.2) is 47.1 Å². The van der Waals surface area contributed by atoms with Crippen molar-refractivity contribution in [2.45, 2.75) is 20.8 Å². The molecule has 0 aliphatic heterocycles. The van der Waals surface area contributed by atoms with E-state index in [-0.39, 0.29) is 0 Å². The molecule has 0 aromatic rings. The molecule has 11 heavy (non-hydrogen) atoms. The third-order valence-corrected chi connectivity index (χ3v) is 1.88. The highest BCUT2D eigenvalue weighted by Crippen LogP contribution is 2.12. The maximum absolute atomic E-state index is 2.20. The van der Waals surface area contributed by atoms with Crippen molar-refractivity contribution in [2.24, 2.45) is 0 Å². The molecule has 0 heteroatoms. The van der Waals surface area contributed by atoms with Crippen LogP contribution in [-0.4, -0.2) is 0 Å². The first kappa shape index (κ1) is 8.06. The Balaban J connectivity index is 3.04. The lowest BCUT2D eigenvalue weighted by molar-refractivity contribution is 1.34. The van der Waals surface area contributed by atoms with E-state index in [0.29, 0.717) is 0 Å². The van der Waals surface area contributed by atoms with Gasteiger partial charge >= 0.3 is 0 Å². The Bertz CT molecular complexity index is 260. The average Bonchev–Trinajstić information content (AvgIpc) is 1.95. The van der Waals surface area contributed by atoms with Crippen LogP contribution in [0.3, 0.4) is 0 Å². The van der Waals surface area contributed by atoms with Crippen molar-refractivity contribution in [1.29, 1.82) is 0 Å². The lowest BCUT2D eigenvalue weighted by Gasteiger charge is -2.01. The van der Waals surface area contributed by atoms with Crippen molar-refractivity contribution in [3.8, 4) is 0 Å². The number of hydrogen-bond acceptors (Lipinski definition) is 0. The second-order valence-corrected chi connectivity index (χ2v) is 2.97. The lowest BCUT2D eigenvalue weighted by Crippen LogP contribution is -1.80. The normalized spacial score (nSPS) is 35.0. The van der Waals surface area contributed by atoms with Crippen molar-refractivity contribution < 1.29 is 0 Å². The van der Waals surface area contributed by atoms with E-state index in [1.54, 1.807) is 0 Å². The molecule has 1 rings (SSSR count). The highest BCUT2D eigenvalue weighted by molar-refractivity contribution is 5.38. The monoisotopic (exact) mass is 146 g/mol. The van der Waals surface area contributed by atoms with Crippen LogP contribution in [0.5, 0.6) is 0 Å². The van der Waals surface area contributed by atoms with Gasteiger partial charge in [-0.3, -0.25) is 0 Å². The van der Waals surface area contributed by atoms with E-state index in [4.69, 9.17) is 0 Å². The second kappa shape index (κ2) is 3.38. The van der Waals surface area contributed by atoms with E-state index >= 15 is 0 Å². The fourth-order valence-electron chi connectivity index (χ4n) is 1.04. The summed E-state index contributed by atoms with van der Waals surface area (Å²) >= 11 is 0. The molecule has 0 aromatic carbocycles. The van der Waals surface area contributed by atoms with E-state index in [2.05, 4.69) is 51.2 Å². The lowest BCUT2D eigenvalue weighted by atomic mass is 10.1. The van der Waals surface area contributed by atoms with Gasteiger partial charge in [-0.05, 0) is 31.9 Å². The van der Waals surface area contributed by atoms with E-state index in [1.165, 1.54) is 16.7 Å². The molecule has 0 spiro atoms. The topological polar surface area (TPSA) is 0 Å². The van der Waals surface area contributed by atoms with Gasteiger partial charge < -0.3 is 0 Å². The summed E-state index contributed by atoms with van der Waals surface area (Å²) in [6.07, 6.45) is 10.6. The van der Waals surface area contributed by atoms with Gasteiger partial charge in [0.05, 0.1) is 0 Å². The maximum atomic E-state index is 2.20. The summed E-state index contributed by atoms with van der Waals surface area (Å²) in [5.74, 6) is 0. The Hall–Kier alpha value is -1.04. The van der Waals surface area contributed by atoms with Crippen LogP contribution in [-0.2, 0) is 0 Å². The first-order chi connectivity index (χ1) is 5.20. The van der Waals surface area contributed by atoms with Crippen LogP contribution in [0.2, 0.25) is 0 Å². The highest BCUT2D eigenvalue weighted by atomic mass is 14.0.